The van der Waals surface area contributed by atoms with E-state index in [2.05, 4.69) is 10.3 Å². The molecule has 2 atom stereocenters. The minimum atomic E-state index is -0.842. The van der Waals surface area contributed by atoms with Crippen molar-refractivity contribution in [1.82, 2.24) is 19.4 Å². The van der Waals surface area contributed by atoms with Gasteiger partial charge in [-0.25, -0.2) is 14.2 Å². The van der Waals surface area contributed by atoms with Crippen molar-refractivity contribution in [2.75, 3.05) is 36.7 Å². The average Bonchev–Trinajstić information content (AvgIpc) is 3.03. The first-order valence-electron chi connectivity index (χ1n) is 15.9. The molecular formula is C35H38ClFN6O5S. The number of ether oxygens (including phenoxy) is 2. The number of piperazine rings is 1. The standard InChI is InChI=1S/C35H38ClFN6O5S/c1-17(2)26-30(24(49-8)12-13-38-26)43-31-19(14-20(36)27(39-31)25-21(37)10-9-11-23(25)47-7)29-28(33(43)45)40-32(44)22-16-41(18(3)15-42(22)29)34(46)48-35(4,5)6/h9-14,17-18,22H,15-16H2,1-8H3,(H,40,44)/t18-,22-/m1/s1. The summed E-state index contributed by atoms with van der Waals surface area (Å²) in [6.07, 6.45) is 3.05. The zero-order chi connectivity index (χ0) is 35.5. The maximum atomic E-state index is 15.5. The van der Waals surface area contributed by atoms with Crippen LogP contribution in [0.5, 0.6) is 5.75 Å². The van der Waals surface area contributed by atoms with E-state index in [1.165, 1.54) is 40.5 Å². The second-order valence-corrected chi connectivity index (χ2v) is 14.7. The number of pyridine rings is 3. The second-order valence-electron chi connectivity index (χ2n) is 13.4. The summed E-state index contributed by atoms with van der Waals surface area (Å²) < 4.78 is 28.1. The van der Waals surface area contributed by atoms with Crippen molar-refractivity contribution in [3.8, 4) is 22.7 Å². The van der Waals surface area contributed by atoms with Crippen LogP contribution in [0.1, 0.15) is 53.2 Å². The van der Waals surface area contributed by atoms with Crippen LogP contribution in [0.15, 0.2) is 46.2 Å². The molecule has 0 saturated carbocycles. The summed E-state index contributed by atoms with van der Waals surface area (Å²) in [7, 11) is 1.43. The number of nitrogens with one attached hydrogen (secondary N) is 1. The van der Waals surface area contributed by atoms with Crippen LogP contribution in [-0.2, 0) is 9.53 Å². The lowest BCUT2D eigenvalue weighted by atomic mass is 9.99. The van der Waals surface area contributed by atoms with Gasteiger partial charge in [0.15, 0.2) is 5.65 Å². The van der Waals surface area contributed by atoms with E-state index in [1.54, 1.807) is 39.1 Å². The molecule has 0 unspecified atom stereocenters. The highest BCUT2D eigenvalue weighted by atomic mass is 35.5. The van der Waals surface area contributed by atoms with E-state index in [4.69, 9.17) is 26.1 Å². The lowest BCUT2D eigenvalue weighted by Crippen LogP contribution is -2.65. The normalized spacial score (nSPS) is 17.6. The molecule has 0 bridgehead atoms. The molecule has 1 aromatic carbocycles. The van der Waals surface area contributed by atoms with E-state index in [1.807, 2.05) is 38.0 Å². The zero-order valence-corrected chi connectivity index (χ0v) is 30.1. The van der Waals surface area contributed by atoms with Gasteiger partial charge in [0.25, 0.3) is 5.56 Å². The largest absolute Gasteiger partial charge is 0.496 e. The Morgan fingerprint density at radius 1 is 1.16 bits per heavy atom. The summed E-state index contributed by atoms with van der Waals surface area (Å²) in [5.41, 5.74) is 0.648. The van der Waals surface area contributed by atoms with Crippen molar-refractivity contribution >= 4 is 57.8 Å². The second kappa shape index (κ2) is 12.8. The van der Waals surface area contributed by atoms with Crippen LogP contribution >= 0.6 is 23.4 Å². The summed E-state index contributed by atoms with van der Waals surface area (Å²) in [6.45, 7) is 11.4. The quantitative estimate of drug-likeness (QED) is 0.222. The molecule has 11 nitrogen and oxygen atoms in total. The van der Waals surface area contributed by atoms with E-state index >= 15 is 4.39 Å². The van der Waals surface area contributed by atoms with Crippen LogP contribution in [0.2, 0.25) is 5.02 Å². The third-order valence-electron chi connectivity index (χ3n) is 8.62. The third kappa shape index (κ3) is 5.96. The minimum absolute atomic E-state index is 0.0221. The summed E-state index contributed by atoms with van der Waals surface area (Å²) in [5, 5.41) is 3.42. The molecule has 2 aliphatic rings. The average molecular weight is 709 g/mol. The van der Waals surface area contributed by atoms with Gasteiger partial charge in [0.2, 0.25) is 5.91 Å². The van der Waals surface area contributed by atoms with Gasteiger partial charge in [-0.3, -0.25) is 19.1 Å². The number of nitrogens with zero attached hydrogens (tertiary/aromatic N) is 5. The molecular weight excluding hydrogens is 671 g/mol. The molecule has 14 heteroatoms. The minimum Gasteiger partial charge on any atom is -0.496 e. The van der Waals surface area contributed by atoms with Gasteiger partial charge in [-0.2, -0.15) is 0 Å². The monoisotopic (exact) mass is 708 g/mol. The van der Waals surface area contributed by atoms with Crippen molar-refractivity contribution in [1.29, 1.82) is 0 Å². The van der Waals surface area contributed by atoms with Gasteiger partial charge in [-0.15, -0.1) is 11.8 Å². The number of carbonyl (C=O) groups is 2. The number of aromatic nitrogens is 3. The van der Waals surface area contributed by atoms with Crippen LogP contribution in [0.4, 0.5) is 20.6 Å². The highest BCUT2D eigenvalue weighted by molar-refractivity contribution is 7.98. The molecule has 49 heavy (non-hydrogen) atoms. The Morgan fingerprint density at radius 2 is 1.90 bits per heavy atom. The van der Waals surface area contributed by atoms with Crippen LogP contribution in [0, 0.1) is 5.82 Å². The highest BCUT2D eigenvalue weighted by Crippen LogP contribution is 2.44. The molecule has 258 valence electrons. The van der Waals surface area contributed by atoms with Crippen molar-refractivity contribution < 1.29 is 23.5 Å². The fraction of sp³-hybridized carbons (Fsp3) is 0.400. The number of anilines is 2. The van der Waals surface area contributed by atoms with E-state index in [9.17, 15) is 14.4 Å². The lowest BCUT2D eigenvalue weighted by molar-refractivity contribution is -0.118. The molecule has 1 N–H and O–H groups in total. The molecule has 0 radical (unpaired) electrons. The summed E-state index contributed by atoms with van der Waals surface area (Å²) in [4.78, 5) is 55.6. The van der Waals surface area contributed by atoms with Gasteiger partial charge in [0, 0.05) is 29.1 Å². The topological polar surface area (TPSA) is 119 Å². The van der Waals surface area contributed by atoms with Gasteiger partial charge in [-0.05, 0) is 64.1 Å². The molecule has 2 aliphatic heterocycles. The molecule has 0 spiro atoms. The highest BCUT2D eigenvalue weighted by Gasteiger charge is 2.45. The van der Waals surface area contributed by atoms with E-state index in [-0.39, 0.29) is 58.4 Å². The number of amides is 2. The Bertz CT molecular complexity index is 2070. The maximum Gasteiger partial charge on any atom is 0.410 e. The molecule has 0 aliphatic carbocycles. The van der Waals surface area contributed by atoms with Gasteiger partial charge in [0.1, 0.15) is 28.9 Å². The predicted molar refractivity (Wildman–Crippen MR) is 190 cm³/mol. The van der Waals surface area contributed by atoms with Crippen molar-refractivity contribution in [2.24, 2.45) is 0 Å². The SMILES string of the molecule is COc1cccc(F)c1-c1nc2c(cc1Cl)c1c(c(=O)n2-c2c(SC)ccnc2C(C)C)NC(=O)[C@H]2CN(C(=O)OC(C)(C)C)[C@H](C)CN12. The number of hydrogen-bond donors (Lipinski definition) is 1. The van der Waals surface area contributed by atoms with Gasteiger partial charge >= 0.3 is 6.09 Å². The number of fused-ring (bicyclic) bond motifs is 5. The number of methoxy groups -OCH3 is 1. The third-order valence-corrected chi connectivity index (χ3v) is 9.68. The summed E-state index contributed by atoms with van der Waals surface area (Å²) in [5.74, 6) is -0.926. The molecule has 1 fully saturated rings. The fourth-order valence-corrected chi connectivity index (χ4v) is 7.29. The number of thioether (sulfide) groups is 1. The number of carbonyl (C=O) groups excluding carboxylic acids is 2. The van der Waals surface area contributed by atoms with Crippen molar-refractivity contribution in [3.05, 3.63) is 63.4 Å². The van der Waals surface area contributed by atoms with E-state index in [0.717, 1.165) is 4.90 Å². The Morgan fingerprint density at radius 3 is 2.55 bits per heavy atom. The van der Waals surface area contributed by atoms with Crippen LogP contribution < -0.4 is 20.5 Å². The Kier molecular flexibility index (Phi) is 9.03. The van der Waals surface area contributed by atoms with Crippen LogP contribution in [0.25, 0.3) is 28.0 Å². The van der Waals surface area contributed by atoms with Gasteiger partial charge in [-0.1, -0.05) is 31.5 Å². The summed E-state index contributed by atoms with van der Waals surface area (Å²) in [6, 6.07) is 6.64. The van der Waals surface area contributed by atoms with Crippen LogP contribution in [-0.4, -0.2) is 75.6 Å². The van der Waals surface area contributed by atoms with Gasteiger partial charge in [0.05, 0.1) is 47.0 Å². The molecule has 3 aromatic heterocycles. The fourth-order valence-electron chi connectivity index (χ4n) is 6.46. The van der Waals surface area contributed by atoms with E-state index < -0.39 is 35.0 Å². The first-order valence-corrected chi connectivity index (χ1v) is 17.5. The Balaban J connectivity index is 1.67. The first kappa shape index (κ1) is 34.5. The number of halogens is 2. The predicted octanol–water partition coefficient (Wildman–Crippen LogP) is 6.86. The number of hydrogen-bond acceptors (Lipinski definition) is 9. The summed E-state index contributed by atoms with van der Waals surface area (Å²) >= 11 is 8.39. The Labute approximate surface area is 292 Å². The maximum absolute atomic E-state index is 15.5. The smallest absolute Gasteiger partial charge is 0.410 e. The van der Waals surface area contributed by atoms with Crippen molar-refractivity contribution in [2.45, 2.75) is 70.0 Å². The van der Waals surface area contributed by atoms with Gasteiger partial charge < -0.3 is 24.6 Å². The Hall–Kier alpha value is -4.36. The zero-order valence-electron chi connectivity index (χ0n) is 28.6. The van der Waals surface area contributed by atoms with E-state index in [0.29, 0.717) is 22.5 Å². The number of benzene rings is 1. The lowest BCUT2D eigenvalue weighted by Gasteiger charge is -2.48. The first-order chi connectivity index (χ1) is 23.2. The molecule has 1 saturated heterocycles. The van der Waals surface area contributed by atoms with Crippen molar-refractivity contribution in [3.63, 3.8) is 0 Å². The molecule has 5 heterocycles. The molecule has 4 aromatic rings. The van der Waals surface area contributed by atoms with Crippen LogP contribution in [0.3, 0.4) is 0 Å². The molecule has 6 rings (SSSR count). The molecule has 2 amide bonds. The number of rotatable bonds is 5.